The normalized spacial score (nSPS) is 29.1. The molecule has 0 radical (unpaired) electrons. The van der Waals surface area contributed by atoms with Crippen molar-refractivity contribution in [2.75, 3.05) is 6.61 Å². The minimum atomic E-state index is -0.222. The van der Waals surface area contributed by atoms with Crippen LogP contribution in [0.25, 0.3) is 0 Å². The summed E-state index contributed by atoms with van der Waals surface area (Å²) < 4.78 is 5.30. The molecule has 0 amide bonds. The van der Waals surface area contributed by atoms with Crippen molar-refractivity contribution in [3.05, 3.63) is 0 Å². The first kappa shape index (κ1) is 6.89. The van der Waals surface area contributed by atoms with Gasteiger partial charge in [-0.15, -0.1) is 0 Å². The Morgan fingerprint density at radius 3 is 3.00 bits per heavy atom. The summed E-state index contributed by atoms with van der Waals surface area (Å²) in [6.07, 6.45) is 3.48. The Hall–Kier alpha value is -0.223. The Balaban J connectivity index is 2.23. The molecule has 0 spiro atoms. The summed E-state index contributed by atoms with van der Waals surface area (Å²) in [5, 5.41) is 8.20. The fourth-order valence-electron chi connectivity index (χ4n) is 0.958. The SMILES string of the molecule is ON=[SiH]C1CCCCO1. The molecule has 1 N–H and O–H groups in total. The third-order valence-electron chi connectivity index (χ3n) is 1.45. The fraction of sp³-hybridized carbons (Fsp3) is 1.00. The molecule has 0 aliphatic carbocycles. The van der Waals surface area contributed by atoms with E-state index >= 15 is 0 Å². The topological polar surface area (TPSA) is 41.8 Å². The van der Waals surface area contributed by atoms with E-state index < -0.39 is 0 Å². The van der Waals surface area contributed by atoms with Crippen molar-refractivity contribution in [1.29, 1.82) is 0 Å². The summed E-state index contributed by atoms with van der Waals surface area (Å²) in [7, 11) is -0.222. The Labute approximate surface area is 56.5 Å². The van der Waals surface area contributed by atoms with Gasteiger partial charge < -0.3 is 9.94 Å². The Morgan fingerprint density at radius 1 is 1.56 bits per heavy atom. The summed E-state index contributed by atoms with van der Waals surface area (Å²) in [6, 6.07) is 0. The number of rotatable bonds is 1. The van der Waals surface area contributed by atoms with Crippen LogP contribution in [0.5, 0.6) is 0 Å². The molecular formula is C5H11NO2Si. The van der Waals surface area contributed by atoms with Crippen LogP contribution in [0, 0.1) is 0 Å². The number of hydrogen-bond donors (Lipinski definition) is 1. The maximum absolute atomic E-state index is 8.20. The van der Waals surface area contributed by atoms with Crippen LogP contribution in [0.4, 0.5) is 0 Å². The molecule has 0 aromatic heterocycles. The molecule has 0 bridgehead atoms. The second kappa shape index (κ2) is 3.74. The number of nitrogens with zero attached hydrogens (tertiary/aromatic N) is 1. The van der Waals surface area contributed by atoms with Crippen molar-refractivity contribution in [3.8, 4) is 0 Å². The van der Waals surface area contributed by atoms with Gasteiger partial charge in [0, 0.05) is 6.61 Å². The second-order valence-corrected chi connectivity index (χ2v) is 3.44. The molecule has 0 aromatic carbocycles. The molecule has 1 atom stereocenters. The van der Waals surface area contributed by atoms with Crippen LogP contribution >= 0.6 is 0 Å². The van der Waals surface area contributed by atoms with E-state index in [1.165, 1.54) is 12.8 Å². The van der Waals surface area contributed by atoms with Crippen molar-refractivity contribution in [2.45, 2.75) is 25.0 Å². The van der Waals surface area contributed by atoms with Gasteiger partial charge in [-0.2, -0.15) is 4.80 Å². The maximum Gasteiger partial charge on any atom is 0.195 e. The highest BCUT2D eigenvalue weighted by Gasteiger charge is 2.10. The Kier molecular flexibility index (Phi) is 2.86. The molecule has 0 saturated carbocycles. The maximum atomic E-state index is 8.20. The number of hydrogen-bond acceptors (Lipinski definition) is 3. The first-order valence-corrected chi connectivity index (χ1v) is 4.41. The average molecular weight is 145 g/mol. The van der Waals surface area contributed by atoms with Crippen LogP contribution in [0.1, 0.15) is 19.3 Å². The Morgan fingerprint density at radius 2 is 2.44 bits per heavy atom. The quantitative estimate of drug-likeness (QED) is 0.432. The summed E-state index contributed by atoms with van der Waals surface area (Å²) in [5.74, 6) is 0. The molecule has 1 heterocycles. The lowest BCUT2D eigenvalue weighted by Crippen LogP contribution is -2.21. The predicted octanol–water partition coefficient (Wildman–Crippen LogP) is 0.522. The molecule has 52 valence electrons. The molecule has 9 heavy (non-hydrogen) atoms. The van der Waals surface area contributed by atoms with E-state index in [9.17, 15) is 0 Å². The summed E-state index contributed by atoms with van der Waals surface area (Å²) in [6.45, 7) is 0.854. The van der Waals surface area contributed by atoms with Crippen LogP contribution in [0.3, 0.4) is 0 Å². The molecule has 1 fully saturated rings. The molecule has 4 heteroatoms. The third kappa shape index (κ3) is 2.23. The first-order chi connectivity index (χ1) is 4.43. The second-order valence-electron chi connectivity index (χ2n) is 2.17. The standard InChI is InChI=1S/C5H11NO2Si/c7-6-9-5-3-1-2-4-8-5/h5,7,9H,1-4H2. The molecule has 1 saturated heterocycles. The van der Waals surface area contributed by atoms with Crippen LogP contribution in [-0.2, 0) is 4.74 Å². The van der Waals surface area contributed by atoms with Gasteiger partial charge in [-0.05, 0) is 19.3 Å². The highest BCUT2D eigenvalue weighted by atomic mass is 28.2. The lowest BCUT2D eigenvalue weighted by atomic mass is 10.2. The van der Waals surface area contributed by atoms with Crippen molar-refractivity contribution in [1.82, 2.24) is 0 Å². The first-order valence-electron chi connectivity index (χ1n) is 3.22. The molecule has 1 unspecified atom stereocenters. The predicted molar refractivity (Wildman–Crippen MR) is 35.0 cm³/mol. The van der Waals surface area contributed by atoms with Gasteiger partial charge in [0.15, 0.2) is 9.31 Å². The molecule has 1 aliphatic rings. The van der Waals surface area contributed by atoms with Gasteiger partial charge in [0.1, 0.15) is 0 Å². The van der Waals surface area contributed by atoms with Crippen LogP contribution in [0.15, 0.2) is 4.80 Å². The molecule has 1 rings (SSSR count). The number of ether oxygens (including phenoxy) is 1. The molecule has 3 nitrogen and oxygen atoms in total. The van der Waals surface area contributed by atoms with Gasteiger partial charge in [0.25, 0.3) is 0 Å². The zero-order valence-electron chi connectivity index (χ0n) is 5.29. The van der Waals surface area contributed by atoms with Gasteiger partial charge in [-0.25, -0.2) is 0 Å². The van der Waals surface area contributed by atoms with Crippen LogP contribution in [-0.4, -0.2) is 26.9 Å². The van der Waals surface area contributed by atoms with Crippen molar-refractivity contribution < 1.29 is 9.94 Å². The van der Waals surface area contributed by atoms with E-state index in [0.29, 0.717) is 0 Å². The largest absolute Gasteiger partial charge is 0.421 e. The summed E-state index contributed by atoms with van der Waals surface area (Å²) in [5.41, 5.74) is 0.267. The third-order valence-corrected chi connectivity index (χ3v) is 2.44. The smallest absolute Gasteiger partial charge is 0.195 e. The highest BCUT2D eigenvalue weighted by Crippen LogP contribution is 2.09. The van der Waals surface area contributed by atoms with Crippen molar-refractivity contribution >= 4 is 9.31 Å². The van der Waals surface area contributed by atoms with Crippen LogP contribution in [0.2, 0.25) is 0 Å². The minimum Gasteiger partial charge on any atom is -0.421 e. The van der Waals surface area contributed by atoms with E-state index in [0.717, 1.165) is 13.0 Å². The van der Waals surface area contributed by atoms with Gasteiger partial charge in [-0.3, -0.25) is 0 Å². The zero-order valence-corrected chi connectivity index (χ0v) is 6.44. The van der Waals surface area contributed by atoms with Gasteiger partial charge in [0.05, 0.1) is 5.73 Å². The monoisotopic (exact) mass is 145 g/mol. The van der Waals surface area contributed by atoms with Crippen molar-refractivity contribution in [3.63, 3.8) is 0 Å². The zero-order chi connectivity index (χ0) is 6.53. The average Bonchev–Trinajstić information content (AvgIpc) is 1.91. The van der Waals surface area contributed by atoms with Crippen molar-refractivity contribution in [2.24, 2.45) is 4.80 Å². The van der Waals surface area contributed by atoms with Gasteiger partial charge >= 0.3 is 0 Å². The van der Waals surface area contributed by atoms with E-state index in [4.69, 9.17) is 9.94 Å². The van der Waals surface area contributed by atoms with E-state index in [2.05, 4.69) is 4.80 Å². The Bertz CT molecular complexity index is 101. The molecule has 1 aliphatic heterocycles. The summed E-state index contributed by atoms with van der Waals surface area (Å²) >= 11 is 0. The van der Waals surface area contributed by atoms with Gasteiger partial charge in [-0.1, -0.05) is 0 Å². The fourth-order valence-corrected chi connectivity index (χ4v) is 1.71. The minimum absolute atomic E-state index is 0.222. The van der Waals surface area contributed by atoms with E-state index in [-0.39, 0.29) is 15.0 Å². The van der Waals surface area contributed by atoms with Crippen LogP contribution < -0.4 is 0 Å². The lowest BCUT2D eigenvalue weighted by molar-refractivity contribution is 0.0649. The molecular weight excluding hydrogens is 134 g/mol. The summed E-state index contributed by atoms with van der Waals surface area (Å²) in [4.78, 5) is 3.12. The highest BCUT2D eigenvalue weighted by molar-refractivity contribution is 6.23. The van der Waals surface area contributed by atoms with E-state index in [1.807, 2.05) is 0 Å². The lowest BCUT2D eigenvalue weighted by Gasteiger charge is -2.17. The van der Waals surface area contributed by atoms with E-state index in [1.54, 1.807) is 0 Å². The van der Waals surface area contributed by atoms with Gasteiger partial charge in [0.2, 0.25) is 0 Å². The molecule has 0 aromatic rings.